The van der Waals surface area contributed by atoms with E-state index in [9.17, 15) is 33.6 Å². The lowest BCUT2D eigenvalue weighted by atomic mass is 10.0. The average molecular weight is 882 g/mol. The number of nitrogens with zero attached hydrogens (tertiary/aromatic N) is 8. The first-order chi connectivity index (χ1) is 31.5. The lowest BCUT2D eigenvalue weighted by molar-refractivity contribution is -0.137. The number of ether oxygens (including phenoxy) is 1. The Hall–Kier alpha value is -7.54. The van der Waals surface area contributed by atoms with Gasteiger partial charge in [0.05, 0.1) is 29.1 Å². The van der Waals surface area contributed by atoms with E-state index in [0.717, 1.165) is 16.2 Å². The Bertz CT molecular complexity index is 2690. The van der Waals surface area contributed by atoms with Gasteiger partial charge in [0.1, 0.15) is 35.4 Å². The highest BCUT2D eigenvalue weighted by Crippen LogP contribution is 2.36. The number of imide groups is 2. The van der Waals surface area contributed by atoms with Crippen LogP contribution in [0.1, 0.15) is 71.7 Å². The molecule has 3 aromatic carbocycles. The number of anilines is 2. The van der Waals surface area contributed by atoms with Gasteiger partial charge in [-0.2, -0.15) is 5.10 Å². The molecular weight excluding hydrogens is 835 g/mol. The van der Waals surface area contributed by atoms with Crippen LogP contribution in [-0.4, -0.2) is 133 Å². The minimum atomic E-state index is -1.09. The number of aromatic nitrogens is 4. The Labute approximate surface area is 372 Å². The summed E-state index contributed by atoms with van der Waals surface area (Å²) in [5.74, 6) is -1.08. The molecule has 5 aromatic rings. The highest BCUT2D eigenvalue weighted by Gasteiger charge is 2.44. The minimum absolute atomic E-state index is 0.00232. The van der Waals surface area contributed by atoms with Crippen LogP contribution < -0.4 is 21.1 Å². The van der Waals surface area contributed by atoms with Crippen LogP contribution >= 0.6 is 0 Å². The third-order valence-corrected chi connectivity index (χ3v) is 12.4. The Kier molecular flexibility index (Phi) is 12.0. The first kappa shape index (κ1) is 42.7. The molecule has 0 saturated carbocycles. The second-order valence-corrected chi connectivity index (χ2v) is 16.6. The molecule has 4 aliphatic heterocycles. The normalized spacial score (nSPS) is 18.2. The quantitative estimate of drug-likeness (QED) is 0.153. The second kappa shape index (κ2) is 18.3. The van der Waals surface area contributed by atoms with Crippen molar-refractivity contribution < 1.29 is 38.3 Å². The molecule has 334 valence electrons. The standard InChI is InChI=1S/C46H47N11O8/c47-42-40-41(28-9-12-32(13-10-28)65-31-5-2-1-3-6-31)52-57(43(40)49-27-48-42)30-17-19-54(20-18-30)39(61)26-53-21-23-55(24-22-53)38(60)8-4-7-36(58)50-29-11-14-33-34(25-29)46(64)56(45(33)63)35-15-16-37(59)51-44(35)62/h1-3,5-6,9-14,25,27,30,35H,4,7-8,15-24,26H2,(H,50,58)(H2,47,48,49)(H,51,59,62). The molecule has 19 heteroatoms. The molecule has 3 fully saturated rings. The van der Waals surface area contributed by atoms with E-state index >= 15 is 0 Å². The molecule has 3 saturated heterocycles. The summed E-state index contributed by atoms with van der Waals surface area (Å²) in [5.41, 5.74) is 9.04. The zero-order valence-electron chi connectivity index (χ0n) is 35.5. The van der Waals surface area contributed by atoms with Crippen LogP contribution in [-0.2, 0) is 24.0 Å². The zero-order chi connectivity index (χ0) is 45.2. The average Bonchev–Trinajstić information content (AvgIpc) is 3.82. The number of hydrogen-bond acceptors (Lipinski definition) is 13. The summed E-state index contributed by atoms with van der Waals surface area (Å²) in [7, 11) is 0. The number of hydrogen-bond donors (Lipinski definition) is 3. The monoisotopic (exact) mass is 881 g/mol. The van der Waals surface area contributed by atoms with Crippen LogP contribution in [0.25, 0.3) is 22.3 Å². The number of benzene rings is 3. The van der Waals surface area contributed by atoms with Crippen LogP contribution in [0.4, 0.5) is 11.5 Å². The van der Waals surface area contributed by atoms with E-state index in [2.05, 4.69) is 25.5 Å². The summed E-state index contributed by atoms with van der Waals surface area (Å²) in [5, 5.41) is 10.6. The molecule has 6 heterocycles. The van der Waals surface area contributed by atoms with E-state index in [1.807, 2.05) is 64.2 Å². The van der Waals surface area contributed by atoms with Crippen LogP contribution in [0.5, 0.6) is 11.5 Å². The van der Waals surface area contributed by atoms with Gasteiger partial charge < -0.3 is 25.6 Å². The molecule has 65 heavy (non-hydrogen) atoms. The number of piperazine rings is 1. The number of piperidine rings is 2. The molecule has 0 aliphatic carbocycles. The van der Waals surface area contributed by atoms with Crippen LogP contribution in [0.3, 0.4) is 0 Å². The molecule has 19 nitrogen and oxygen atoms in total. The number of fused-ring (bicyclic) bond motifs is 2. The Morgan fingerprint density at radius 3 is 2.22 bits per heavy atom. The fraction of sp³-hybridized carbons (Fsp3) is 0.348. The molecule has 1 unspecified atom stereocenters. The maximum Gasteiger partial charge on any atom is 0.262 e. The van der Waals surface area contributed by atoms with Crippen molar-refractivity contribution in [2.75, 3.05) is 56.9 Å². The van der Waals surface area contributed by atoms with E-state index in [1.54, 1.807) is 4.90 Å². The molecule has 4 aliphatic rings. The summed E-state index contributed by atoms with van der Waals surface area (Å²) in [6.07, 6.45) is 3.41. The molecule has 0 bridgehead atoms. The van der Waals surface area contributed by atoms with Crippen molar-refractivity contribution in [3.05, 3.63) is 90.3 Å². The Morgan fingerprint density at radius 2 is 1.48 bits per heavy atom. The number of nitrogens with two attached hydrogens (primary N) is 1. The van der Waals surface area contributed by atoms with E-state index in [-0.39, 0.29) is 67.1 Å². The highest BCUT2D eigenvalue weighted by molar-refractivity contribution is 6.24. The number of carbonyl (C=O) groups is 7. The highest BCUT2D eigenvalue weighted by atomic mass is 16.5. The maximum absolute atomic E-state index is 13.5. The molecular formula is C46H47N11O8. The lowest BCUT2D eigenvalue weighted by Gasteiger charge is -2.37. The van der Waals surface area contributed by atoms with Crippen LogP contribution in [0.15, 0.2) is 79.1 Å². The molecule has 2 aromatic heterocycles. The lowest BCUT2D eigenvalue weighted by Crippen LogP contribution is -2.54. The van der Waals surface area contributed by atoms with Gasteiger partial charge in [-0.1, -0.05) is 18.2 Å². The van der Waals surface area contributed by atoms with Gasteiger partial charge in [0, 0.05) is 69.8 Å². The zero-order valence-corrected chi connectivity index (χ0v) is 35.5. The topological polar surface area (TPSA) is 235 Å². The number of para-hydroxylation sites is 1. The van der Waals surface area contributed by atoms with Gasteiger partial charge in [0.25, 0.3) is 11.8 Å². The number of likely N-dealkylation sites (tertiary alicyclic amines) is 1. The number of rotatable bonds is 12. The van der Waals surface area contributed by atoms with Crippen LogP contribution in [0.2, 0.25) is 0 Å². The fourth-order valence-electron chi connectivity index (χ4n) is 8.89. The van der Waals surface area contributed by atoms with Crippen molar-refractivity contribution in [2.45, 2.75) is 57.0 Å². The third kappa shape index (κ3) is 8.99. The maximum atomic E-state index is 13.5. The van der Waals surface area contributed by atoms with Gasteiger partial charge in [0.2, 0.25) is 29.5 Å². The van der Waals surface area contributed by atoms with Crippen molar-refractivity contribution in [1.29, 1.82) is 0 Å². The summed E-state index contributed by atoms with van der Waals surface area (Å²) in [6, 6.07) is 20.5. The SMILES string of the molecule is Nc1ncnc2c1c(-c1ccc(Oc3ccccc3)cc1)nn2C1CCN(C(=O)CN2CCN(C(=O)CCCC(=O)Nc3ccc4c(c3)C(=O)N(C3CCC(=O)NC3=O)C4=O)CC2)CC1. The third-order valence-electron chi connectivity index (χ3n) is 12.4. The van der Waals surface area contributed by atoms with Crippen molar-refractivity contribution in [1.82, 2.24) is 44.7 Å². The molecule has 9 rings (SSSR count). The van der Waals surface area contributed by atoms with Crippen molar-refractivity contribution in [3.63, 3.8) is 0 Å². The Morgan fingerprint density at radius 1 is 0.769 bits per heavy atom. The molecule has 1 atom stereocenters. The van der Waals surface area contributed by atoms with Crippen molar-refractivity contribution in [3.8, 4) is 22.8 Å². The Balaban J connectivity index is 0.709. The first-order valence-corrected chi connectivity index (χ1v) is 21.8. The molecule has 0 radical (unpaired) electrons. The smallest absolute Gasteiger partial charge is 0.262 e. The summed E-state index contributed by atoms with van der Waals surface area (Å²) < 4.78 is 7.89. The predicted octanol–water partition coefficient (Wildman–Crippen LogP) is 3.39. The van der Waals surface area contributed by atoms with Crippen molar-refractivity contribution >= 4 is 63.9 Å². The van der Waals surface area contributed by atoms with Gasteiger partial charge in [-0.15, -0.1) is 0 Å². The minimum Gasteiger partial charge on any atom is -0.457 e. The van der Waals surface area contributed by atoms with Gasteiger partial charge in [-0.3, -0.25) is 48.7 Å². The summed E-state index contributed by atoms with van der Waals surface area (Å²) >= 11 is 0. The molecule has 4 N–H and O–H groups in total. The van der Waals surface area contributed by atoms with E-state index in [0.29, 0.717) is 92.5 Å². The van der Waals surface area contributed by atoms with Crippen LogP contribution in [0, 0.1) is 0 Å². The largest absolute Gasteiger partial charge is 0.457 e. The summed E-state index contributed by atoms with van der Waals surface area (Å²) in [6.45, 7) is 3.43. The van der Waals surface area contributed by atoms with E-state index < -0.39 is 29.7 Å². The predicted molar refractivity (Wildman–Crippen MR) is 235 cm³/mol. The van der Waals surface area contributed by atoms with E-state index in [4.69, 9.17) is 15.6 Å². The van der Waals surface area contributed by atoms with E-state index in [1.165, 1.54) is 24.5 Å². The van der Waals surface area contributed by atoms with Gasteiger partial charge in [-0.25, -0.2) is 14.6 Å². The molecule has 0 spiro atoms. The summed E-state index contributed by atoms with van der Waals surface area (Å²) in [4.78, 5) is 105. The number of nitrogens with one attached hydrogen (secondary N) is 2. The van der Waals surface area contributed by atoms with Gasteiger partial charge in [0.15, 0.2) is 5.65 Å². The number of carbonyl (C=O) groups excluding carboxylic acids is 7. The number of amides is 7. The van der Waals surface area contributed by atoms with Crippen molar-refractivity contribution in [2.24, 2.45) is 0 Å². The van der Waals surface area contributed by atoms with Gasteiger partial charge >= 0.3 is 0 Å². The first-order valence-electron chi connectivity index (χ1n) is 21.8. The number of nitrogen functional groups attached to an aromatic ring is 1. The second-order valence-electron chi connectivity index (χ2n) is 16.6. The fourth-order valence-corrected chi connectivity index (χ4v) is 8.89. The van der Waals surface area contributed by atoms with Gasteiger partial charge in [-0.05, 0) is 80.3 Å². The molecule has 7 amide bonds.